The molecule has 3 N–H and O–H groups in total. The van der Waals surface area contributed by atoms with Crippen molar-refractivity contribution in [3.8, 4) is 5.75 Å². The summed E-state index contributed by atoms with van der Waals surface area (Å²) in [6.45, 7) is 2.16. The number of benzene rings is 1. The van der Waals surface area contributed by atoms with Gasteiger partial charge >= 0.3 is 0 Å². The second-order valence-corrected chi connectivity index (χ2v) is 5.40. The first-order chi connectivity index (χ1) is 8.58. The van der Waals surface area contributed by atoms with Gasteiger partial charge in [-0.1, -0.05) is 13.0 Å². The zero-order chi connectivity index (χ0) is 13.5. The molecule has 5 heteroatoms. The van der Waals surface area contributed by atoms with Crippen molar-refractivity contribution in [3.05, 3.63) is 29.6 Å². The molecule has 102 valence electrons. The molecule has 0 radical (unpaired) electrons. The molecule has 0 spiro atoms. The highest BCUT2D eigenvalue weighted by atomic mass is 32.2. The van der Waals surface area contributed by atoms with Crippen molar-refractivity contribution in [1.29, 1.82) is 0 Å². The monoisotopic (exact) mass is 273 g/mol. The number of aliphatic hydroxyl groups excluding tert-OH is 1. The molecular weight excluding hydrogens is 253 g/mol. The van der Waals surface area contributed by atoms with E-state index in [1.54, 1.807) is 23.9 Å². The Labute approximate surface area is 112 Å². The molecule has 0 amide bonds. The minimum absolute atomic E-state index is 0.180. The fraction of sp³-hybridized carbons (Fsp3) is 0.538. The molecule has 0 aliphatic carbocycles. The van der Waals surface area contributed by atoms with E-state index in [0.29, 0.717) is 5.75 Å². The lowest BCUT2D eigenvalue weighted by Crippen LogP contribution is -2.15. The van der Waals surface area contributed by atoms with E-state index in [9.17, 15) is 4.39 Å². The molecule has 1 aromatic rings. The van der Waals surface area contributed by atoms with E-state index >= 15 is 0 Å². The fourth-order valence-corrected chi connectivity index (χ4v) is 2.55. The molecule has 0 aliphatic rings. The average Bonchev–Trinajstić information content (AvgIpc) is 2.38. The van der Waals surface area contributed by atoms with E-state index in [-0.39, 0.29) is 30.1 Å². The molecule has 2 unspecified atom stereocenters. The summed E-state index contributed by atoms with van der Waals surface area (Å²) in [6, 6.07) is 4.58. The van der Waals surface area contributed by atoms with E-state index < -0.39 is 0 Å². The van der Waals surface area contributed by atoms with Gasteiger partial charge in [0.05, 0.1) is 7.11 Å². The Morgan fingerprint density at radius 3 is 2.72 bits per heavy atom. The fourth-order valence-electron chi connectivity index (χ4n) is 1.46. The summed E-state index contributed by atoms with van der Waals surface area (Å²) in [5.41, 5.74) is 6.75. The predicted octanol–water partition coefficient (Wildman–Crippen LogP) is 2.20. The molecule has 1 rings (SSSR count). The zero-order valence-corrected chi connectivity index (χ0v) is 11.5. The highest BCUT2D eigenvalue weighted by Crippen LogP contribution is 2.23. The summed E-state index contributed by atoms with van der Waals surface area (Å²) < 4.78 is 18.4. The normalized spacial score (nSPS) is 14.3. The molecule has 2 atom stereocenters. The van der Waals surface area contributed by atoms with Gasteiger partial charge in [-0.3, -0.25) is 0 Å². The predicted molar refractivity (Wildman–Crippen MR) is 73.5 cm³/mol. The molecule has 0 aromatic heterocycles. The second-order valence-electron chi connectivity index (χ2n) is 4.33. The lowest BCUT2D eigenvalue weighted by molar-refractivity contribution is 0.250. The van der Waals surface area contributed by atoms with Crippen LogP contribution in [0.15, 0.2) is 18.2 Å². The van der Waals surface area contributed by atoms with Crippen LogP contribution in [0.3, 0.4) is 0 Å². The van der Waals surface area contributed by atoms with E-state index in [0.717, 1.165) is 11.3 Å². The number of methoxy groups -OCH3 is 1. The third-order valence-corrected chi connectivity index (χ3v) is 4.02. The number of ether oxygens (including phenoxy) is 1. The first-order valence-electron chi connectivity index (χ1n) is 5.86. The van der Waals surface area contributed by atoms with Crippen LogP contribution in [0.2, 0.25) is 0 Å². The Morgan fingerprint density at radius 1 is 1.44 bits per heavy atom. The summed E-state index contributed by atoms with van der Waals surface area (Å²) in [4.78, 5) is 0. The van der Waals surface area contributed by atoms with Gasteiger partial charge in [-0.05, 0) is 29.4 Å². The quantitative estimate of drug-likeness (QED) is 0.799. The van der Waals surface area contributed by atoms with Crippen LogP contribution in [0.5, 0.6) is 5.75 Å². The molecule has 18 heavy (non-hydrogen) atoms. The van der Waals surface area contributed by atoms with Crippen LogP contribution in [-0.4, -0.2) is 30.3 Å². The van der Waals surface area contributed by atoms with Gasteiger partial charge in [-0.15, -0.1) is 0 Å². The molecule has 0 fully saturated rings. The molecule has 0 bridgehead atoms. The zero-order valence-electron chi connectivity index (χ0n) is 10.7. The first kappa shape index (κ1) is 15.3. The Balaban J connectivity index is 2.51. The summed E-state index contributed by atoms with van der Waals surface area (Å²) >= 11 is 1.67. The smallest absolute Gasteiger partial charge is 0.165 e. The SMILES string of the molecule is COc1ccc(C(N)CSCC(C)CO)cc1F. The maximum atomic E-state index is 13.5. The van der Waals surface area contributed by atoms with Gasteiger partial charge in [0.25, 0.3) is 0 Å². The molecule has 0 aliphatic heterocycles. The maximum absolute atomic E-state index is 13.5. The van der Waals surface area contributed by atoms with Crippen LogP contribution >= 0.6 is 11.8 Å². The number of aliphatic hydroxyl groups is 1. The lowest BCUT2D eigenvalue weighted by atomic mass is 10.1. The van der Waals surface area contributed by atoms with Gasteiger partial charge in [0.2, 0.25) is 0 Å². The number of nitrogens with two attached hydrogens (primary N) is 1. The molecule has 1 aromatic carbocycles. The highest BCUT2D eigenvalue weighted by molar-refractivity contribution is 7.99. The number of thioether (sulfide) groups is 1. The number of hydrogen-bond acceptors (Lipinski definition) is 4. The number of hydrogen-bond donors (Lipinski definition) is 2. The van der Waals surface area contributed by atoms with Crippen molar-refractivity contribution in [2.75, 3.05) is 25.2 Å². The molecule has 0 saturated carbocycles. The van der Waals surface area contributed by atoms with E-state index in [1.807, 2.05) is 6.92 Å². The van der Waals surface area contributed by atoms with Gasteiger partial charge in [0.15, 0.2) is 11.6 Å². The Bertz CT molecular complexity index is 376. The second kappa shape index (κ2) is 7.61. The van der Waals surface area contributed by atoms with E-state index in [1.165, 1.54) is 13.2 Å². The minimum atomic E-state index is -0.390. The minimum Gasteiger partial charge on any atom is -0.494 e. The topological polar surface area (TPSA) is 55.5 Å². The summed E-state index contributed by atoms with van der Waals surface area (Å²) in [5, 5.41) is 8.90. The standard InChI is InChI=1S/C13H20FNO2S/c1-9(6-16)7-18-8-12(15)10-3-4-13(17-2)11(14)5-10/h3-5,9,12,16H,6-8,15H2,1-2H3. The molecular formula is C13H20FNO2S. The largest absolute Gasteiger partial charge is 0.494 e. The molecule has 3 nitrogen and oxygen atoms in total. The first-order valence-corrected chi connectivity index (χ1v) is 7.01. The van der Waals surface area contributed by atoms with Gasteiger partial charge < -0.3 is 15.6 Å². The number of rotatable bonds is 7. The van der Waals surface area contributed by atoms with Crippen molar-refractivity contribution in [1.82, 2.24) is 0 Å². The third kappa shape index (κ3) is 4.48. The molecule has 0 heterocycles. The van der Waals surface area contributed by atoms with Gasteiger partial charge in [-0.2, -0.15) is 11.8 Å². The summed E-state index contributed by atoms with van der Waals surface area (Å²) in [6.07, 6.45) is 0. The average molecular weight is 273 g/mol. The highest BCUT2D eigenvalue weighted by Gasteiger charge is 2.11. The van der Waals surface area contributed by atoms with Gasteiger partial charge in [0.1, 0.15) is 0 Å². The van der Waals surface area contributed by atoms with Crippen LogP contribution in [0, 0.1) is 11.7 Å². The van der Waals surface area contributed by atoms with Crippen molar-refractivity contribution < 1.29 is 14.2 Å². The lowest BCUT2D eigenvalue weighted by Gasteiger charge is -2.14. The Morgan fingerprint density at radius 2 is 2.17 bits per heavy atom. The van der Waals surface area contributed by atoms with Crippen molar-refractivity contribution in [2.45, 2.75) is 13.0 Å². The van der Waals surface area contributed by atoms with Crippen LogP contribution in [0.25, 0.3) is 0 Å². The van der Waals surface area contributed by atoms with Crippen molar-refractivity contribution in [3.63, 3.8) is 0 Å². The summed E-state index contributed by atoms with van der Waals surface area (Å²) in [5.74, 6) is 1.65. The van der Waals surface area contributed by atoms with Crippen LogP contribution in [0.1, 0.15) is 18.5 Å². The Kier molecular flexibility index (Phi) is 6.46. The maximum Gasteiger partial charge on any atom is 0.165 e. The summed E-state index contributed by atoms with van der Waals surface area (Å²) in [7, 11) is 1.43. The van der Waals surface area contributed by atoms with Crippen LogP contribution in [-0.2, 0) is 0 Å². The van der Waals surface area contributed by atoms with Crippen molar-refractivity contribution in [2.24, 2.45) is 11.7 Å². The van der Waals surface area contributed by atoms with Crippen LogP contribution in [0.4, 0.5) is 4.39 Å². The van der Waals surface area contributed by atoms with Gasteiger partial charge in [0, 0.05) is 18.4 Å². The molecule has 0 saturated heterocycles. The third-order valence-electron chi connectivity index (χ3n) is 2.62. The van der Waals surface area contributed by atoms with Crippen LogP contribution < -0.4 is 10.5 Å². The van der Waals surface area contributed by atoms with E-state index in [2.05, 4.69) is 0 Å². The van der Waals surface area contributed by atoms with E-state index in [4.69, 9.17) is 15.6 Å². The van der Waals surface area contributed by atoms with Crippen molar-refractivity contribution >= 4 is 11.8 Å². The number of halogens is 1. The Hall–Kier alpha value is -0.780. The van der Waals surface area contributed by atoms with Gasteiger partial charge in [-0.25, -0.2) is 4.39 Å².